The Labute approximate surface area is 120 Å². The number of ether oxygens (including phenoxy) is 2. The highest BCUT2D eigenvalue weighted by molar-refractivity contribution is 5.28. The summed E-state index contributed by atoms with van der Waals surface area (Å²) >= 11 is 0. The third kappa shape index (κ3) is 4.37. The van der Waals surface area contributed by atoms with E-state index in [2.05, 4.69) is 35.6 Å². The number of rotatable bonds is 7. The van der Waals surface area contributed by atoms with Crippen LogP contribution in [0.4, 0.5) is 0 Å². The molecule has 0 aliphatic carbocycles. The molecule has 0 radical (unpaired) electrons. The number of methoxy groups -OCH3 is 2. The lowest BCUT2D eigenvalue weighted by Crippen LogP contribution is -2.12. The van der Waals surface area contributed by atoms with Gasteiger partial charge in [-0.25, -0.2) is 0 Å². The van der Waals surface area contributed by atoms with Crippen LogP contribution >= 0.6 is 0 Å². The lowest BCUT2D eigenvalue weighted by molar-refractivity contribution is 0.185. The summed E-state index contributed by atoms with van der Waals surface area (Å²) in [7, 11) is 3.40. The molecule has 2 rings (SSSR count). The van der Waals surface area contributed by atoms with Gasteiger partial charge in [0.1, 0.15) is 5.75 Å². The second-order valence-electron chi connectivity index (χ2n) is 4.71. The number of benzene rings is 2. The monoisotopic (exact) mass is 271 g/mol. The summed E-state index contributed by atoms with van der Waals surface area (Å²) in [5.41, 5.74) is 3.69. The first-order valence-electron chi connectivity index (χ1n) is 6.72. The Hall–Kier alpha value is -1.84. The minimum Gasteiger partial charge on any atom is -0.497 e. The molecule has 0 aliphatic rings. The predicted octanol–water partition coefficient (Wildman–Crippen LogP) is 3.13. The molecule has 3 nitrogen and oxygen atoms in total. The van der Waals surface area contributed by atoms with E-state index in [9.17, 15) is 0 Å². The summed E-state index contributed by atoms with van der Waals surface area (Å²) in [4.78, 5) is 0. The van der Waals surface area contributed by atoms with Gasteiger partial charge in [-0.1, -0.05) is 36.4 Å². The molecule has 3 heteroatoms. The molecule has 0 unspecified atom stereocenters. The lowest BCUT2D eigenvalue weighted by atomic mass is 10.1. The van der Waals surface area contributed by atoms with Gasteiger partial charge in [0.05, 0.1) is 13.7 Å². The maximum absolute atomic E-state index is 5.22. The van der Waals surface area contributed by atoms with Crippen molar-refractivity contribution in [1.29, 1.82) is 0 Å². The predicted molar refractivity (Wildman–Crippen MR) is 80.7 cm³/mol. The Morgan fingerprint density at radius 1 is 0.850 bits per heavy atom. The van der Waals surface area contributed by atoms with Crippen LogP contribution in [0, 0.1) is 0 Å². The van der Waals surface area contributed by atoms with E-state index in [0.29, 0.717) is 6.61 Å². The molecule has 0 bridgehead atoms. The van der Waals surface area contributed by atoms with Crippen molar-refractivity contribution in [3.8, 4) is 5.75 Å². The molecule has 1 N–H and O–H groups in total. The molecule has 20 heavy (non-hydrogen) atoms. The third-order valence-corrected chi connectivity index (χ3v) is 3.09. The van der Waals surface area contributed by atoms with Crippen LogP contribution in [0.15, 0.2) is 48.5 Å². The molecular formula is C17H21NO2. The summed E-state index contributed by atoms with van der Waals surface area (Å²) < 4.78 is 10.4. The first kappa shape index (κ1) is 14.6. The van der Waals surface area contributed by atoms with Crippen molar-refractivity contribution in [2.24, 2.45) is 0 Å². The van der Waals surface area contributed by atoms with Gasteiger partial charge in [0.25, 0.3) is 0 Å². The quantitative estimate of drug-likeness (QED) is 0.839. The Bertz CT molecular complexity index is 540. The topological polar surface area (TPSA) is 30.5 Å². The van der Waals surface area contributed by atoms with E-state index in [1.165, 1.54) is 16.7 Å². The second-order valence-corrected chi connectivity index (χ2v) is 4.71. The number of hydrogen-bond acceptors (Lipinski definition) is 3. The highest BCUT2D eigenvalue weighted by Gasteiger charge is 1.98. The van der Waals surface area contributed by atoms with Gasteiger partial charge in [-0.15, -0.1) is 0 Å². The van der Waals surface area contributed by atoms with Crippen LogP contribution in [0.2, 0.25) is 0 Å². The second kappa shape index (κ2) is 7.68. The van der Waals surface area contributed by atoms with Gasteiger partial charge < -0.3 is 14.8 Å². The zero-order valence-electron chi connectivity index (χ0n) is 12.1. The normalized spacial score (nSPS) is 10.5. The maximum atomic E-state index is 5.22. The van der Waals surface area contributed by atoms with Gasteiger partial charge >= 0.3 is 0 Å². The summed E-state index contributed by atoms with van der Waals surface area (Å²) in [5.74, 6) is 0.895. The van der Waals surface area contributed by atoms with Gasteiger partial charge in [-0.3, -0.25) is 0 Å². The molecule has 0 aliphatic heterocycles. The standard InChI is InChI=1S/C17H21NO2/c1-19-13-16-7-3-5-14(9-16)11-18-12-15-6-4-8-17(10-15)20-2/h3-10,18H,11-13H2,1-2H3. The van der Waals surface area contributed by atoms with Crippen LogP contribution in [0.5, 0.6) is 5.75 Å². The lowest BCUT2D eigenvalue weighted by Gasteiger charge is -2.08. The average molecular weight is 271 g/mol. The van der Waals surface area contributed by atoms with Crippen LogP contribution in [0.25, 0.3) is 0 Å². The molecule has 0 saturated carbocycles. The summed E-state index contributed by atoms with van der Waals surface area (Å²) in [6.45, 7) is 2.32. The minimum absolute atomic E-state index is 0.656. The van der Waals surface area contributed by atoms with Gasteiger partial charge in [0, 0.05) is 20.2 Å². The molecule has 0 aromatic heterocycles. The van der Waals surface area contributed by atoms with Crippen molar-refractivity contribution in [3.05, 3.63) is 65.2 Å². The molecule has 0 atom stereocenters. The molecule has 0 amide bonds. The zero-order valence-corrected chi connectivity index (χ0v) is 12.1. The van der Waals surface area contributed by atoms with Crippen molar-refractivity contribution in [2.45, 2.75) is 19.7 Å². The Morgan fingerprint density at radius 2 is 1.50 bits per heavy atom. The summed E-state index contributed by atoms with van der Waals surface area (Å²) in [6, 6.07) is 16.5. The fourth-order valence-corrected chi connectivity index (χ4v) is 2.13. The molecule has 0 saturated heterocycles. The van der Waals surface area contributed by atoms with Gasteiger partial charge in [-0.05, 0) is 28.8 Å². The largest absolute Gasteiger partial charge is 0.497 e. The highest BCUT2D eigenvalue weighted by atomic mass is 16.5. The number of hydrogen-bond donors (Lipinski definition) is 1. The maximum Gasteiger partial charge on any atom is 0.119 e. The van der Waals surface area contributed by atoms with Crippen molar-refractivity contribution in [2.75, 3.05) is 14.2 Å². The minimum atomic E-state index is 0.656. The molecule has 2 aromatic carbocycles. The van der Waals surface area contributed by atoms with Crippen LogP contribution in [-0.4, -0.2) is 14.2 Å². The molecule has 2 aromatic rings. The first-order chi connectivity index (χ1) is 9.81. The van der Waals surface area contributed by atoms with E-state index in [1.807, 2.05) is 18.2 Å². The van der Waals surface area contributed by atoms with Crippen molar-refractivity contribution in [1.82, 2.24) is 5.32 Å². The Balaban J connectivity index is 1.87. The number of nitrogens with one attached hydrogen (secondary N) is 1. The third-order valence-electron chi connectivity index (χ3n) is 3.09. The van der Waals surface area contributed by atoms with E-state index in [0.717, 1.165) is 18.8 Å². The van der Waals surface area contributed by atoms with Crippen molar-refractivity contribution < 1.29 is 9.47 Å². The summed E-state index contributed by atoms with van der Waals surface area (Å²) in [6.07, 6.45) is 0. The molecule has 0 heterocycles. The van der Waals surface area contributed by atoms with Gasteiger partial charge in [0.15, 0.2) is 0 Å². The van der Waals surface area contributed by atoms with Crippen LogP contribution in [-0.2, 0) is 24.4 Å². The summed E-state index contributed by atoms with van der Waals surface area (Å²) in [5, 5.41) is 3.44. The van der Waals surface area contributed by atoms with E-state index in [4.69, 9.17) is 9.47 Å². The van der Waals surface area contributed by atoms with Gasteiger partial charge in [0.2, 0.25) is 0 Å². The van der Waals surface area contributed by atoms with E-state index in [-0.39, 0.29) is 0 Å². The molecular weight excluding hydrogens is 250 g/mol. The average Bonchev–Trinajstić information content (AvgIpc) is 2.48. The Kier molecular flexibility index (Phi) is 5.59. The molecule has 0 spiro atoms. The first-order valence-corrected chi connectivity index (χ1v) is 6.72. The van der Waals surface area contributed by atoms with Gasteiger partial charge in [-0.2, -0.15) is 0 Å². The molecule has 0 fully saturated rings. The SMILES string of the molecule is COCc1cccc(CNCc2cccc(OC)c2)c1. The molecule has 106 valence electrons. The Morgan fingerprint density at radius 3 is 2.20 bits per heavy atom. The fourth-order valence-electron chi connectivity index (χ4n) is 2.13. The highest BCUT2D eigenvalue weighted by Crippen LogP contribution is 2.12. The van der Waals surface area contributed by atoms with Crippen LogP contribution in [0.3, 0.4) is 0 Å². The fraction of sp³-hybridized carbons (Fsp3) is 0.294. The van der Waals surface area contributed by atoms with E-state index in [1.54, 1.807) is 14.2 Å². The van der Waals surface area contributed by atoms with E-state index >= 15 is 0 Å². The van der Waals surface area contributed by atoms with Crippen LogP contribution < -0.4 is 10.1 Å². The smallest absolute Gasteiger partial charge is 0.119 e. The zero-order chi connectivity index (χ0) is 14.2. The van der Waals surface area contributed by atoms with Crippen molar-refractivity contribution in [3.63, 3.8) is 0 Å². The van der Waals surface area contributed by atoms with Crippen molar-refractivity contribution >= 4 is 0 Å². The van der Waals surface area contributed by atoms with Crippen LogP contribution in [0.1, 0.15) is 16.7 Å². The van der Waals surface area contributed by atoms with E-state index < -0.39 is 0 Å².